The number of hydrogen-bond acceptors (Lipinski definition) is 6. The van der Waals surface area contributed by atoms with Gasteiger partial charge in [-0.3, -0.25) is 10.1 Å². The van der Waals surface area contributed by atoms with Gasteiger partial charge in [-0.05, 0) is 28.7 Å². The number of carboxylic acids is 1. The van der Waals surface area contributed by atoms with E-state index in [1.807, 2.05) is 36.4 Å². The van der Waals surface area contributed by atoms with Gasteiger partial charge in [0.25, 0.3) is 5.91 Å². The van der Waals surface area contributed by atoms with Gasteiger partial charge in [-0.2, -0.15) is 0 Å². The Morgan fingerprint density at radius 2 is 1.68 bits per heavy atom. The fourth-order valence-electron chi connectivity index (χ4n) is 4.54. The van der Waals surface area contributed by atoms with E-state index in [2.05, 4.69) is 22.8 Å². The average molecular weight is 462 g/mol. The predicted molar refractivity (Wildman–Crippen MR) is 121 cm³/mol. The van der Waals surface area contributed by atoms with E-state index in [-0.39, 0.29) is 30.6 Å². The monoisotopic (exact) mass is 462 g/mol. The molecule has 0 spiro atoms. The van der Waals surface area contributed by atoms with E-state index < -0.39 is 30.1 Å². The molecule has 0 unspecified atom stereocenters. The molecule has 2 atom stereocenters. The van der Waals surface area contributed by atoms with Crippen molar-refractivity contribution in [3.05, 3.63) is 77.7 Å². The molecule has 9 nitrogen and oxygen atoms in total. The number of benzene rings is 2. The van der Waals surface area contributed by atoms with Crippen LogP contribution in [0.3, 0.4) is 0 Å². The second-order valence-corrected chi connectivity index (χ2v) is 8.11. The summed E-state index contributed by atoms with van der Waals surface area (Å²) in [5.74, 6) is -2.05. The van der Waals surface area contributed by atoms with Gasteiger partial charge in [0, 0.05) is 18.6 Å². The number of furan rings is 1. The zero-order chi connectivity index (χ0) is 23.7. The van der Waals surface area contributed by atoms with Gasteiger partial charge < -0.3 is 24.3 Å². The number of nitrogens with one attached hydrogen (secondary N) is 2. The molecular formula is C25H22N2O7. The highest BCUT2D eigenvalue weighted by Crippen LogP contribution is 2.44. The summed E-state index contributed by atoms with van der Waals surface area (Å²) in [6.45, 7) is 0.351. The van der Waals surface area contributed by atoms with E-state index in [0.717, 1.165) is 22.3 Å². The van der Waals surface area contributed by atoms with Crippen molar-refractivity contribution in [3.63, 3.8) is 0 Å². The fourth-order valence-corrected chi connectivity index (χ4v) is 4.54. The van der Waals surface area contributed by atoms with Gasteiger partial charge in [-0.25, -0.2) is 9.59 Å². The Balaban J connectivity index is 1.23. The number of anilines is 1. The maximum atomic E-state index is 12.6. The molecule has 0 radical (unpaired) electrons. The van der Waals surface area contributed by atoms with Crippen LogP contribution in [0.2, 0.25) is 0 Å². The minimum atomic E-state index is -1.15. The molecule has 34 heavy (non-hydrogen) atoms. The first kappa shape index (κ1) is 21.7. The quantitative estimate of drug-likeness (QED) is 0.511. The molecule has 1 aliphatic heterocycles. The molecule has 5 rings (SSSR count). The molecule has 0 saturated carbocycles. The largest absolute Gasteiger partial charge is 0.479 e. The van der Waals surface area contributed by atoms with E-state index in [1.165, 1.54) is 12.3 Å². The van der Waals surface area contributed by atoms with Gasteiger partial charge >= 0.3 is 12.1 Å². The normalized spacial score (nSPS) is 18.7. The van der Waals surface area contributed by atoms with Crippen LogP contribution in [0.5, 0.6) is 0 Å². The Morgan fingerprint density at radius 3 is 2.35 bits per heavy atom. The number of hydrogen-bond donors (Lipinski definition) is 3. The molecule has 3 aromatic rings. The molecule has 2 heterocycles. The van der Waals surface area contributed by atoms with Crippen LogP contribution in [0.4, 0.5) is 10.5 Å². The Morgan fingerprint density at radius 1 is 1.00 bits per heavy atom. The zero-order valence-corrected chi connectivity index (χ0v) is 18.0. The van der Waals surface area contributed by atoms with Crippen LogP contribution in [0.25, 0.3) is 11.1 Å². The van der Waals surface area contributed by atoms with Crippen LogP contribution < -0.4 is 10.6 Å². The highest BCUT2D eigenvalue weighted by molar-refractivity contribution is 6.00. The van der Waals surface area contributed by atoms with Crippen LogP contribution in [0.1, 0.15) is 34.0 Å². The standard InChI is InChI=1S/C25H22N2O7/c28-23(26-20-10-12-33-22(20)24(29)30)21-19(9-11-32-21)27-25(31)34-13-18-16-7-3-1-5-14(16)15-6-2-4-8-17(15)18/h1-9,11,18,20,22H,10,12-13H2,(H,26,28)(H,27,31)(H,29,30)/t20-,22+/m0/s1. The van der Waals surface area contributed by atoms with Crippen molar-refractivity contribution in [2.45, 2.75) is 24.5 Å². The summed E-state index contributed by atoms with van der Waals surface area (Å²) in [5.41, 5.74) is 4.55. The smallest absolute Gasteiger partial charge is 0.411 e. The number of ether oxygens (including phenoxy) is 2. The van der Waals surface area contributed by atoms with E-state index in [0.29, 0.717) is 6.42 Å². The van der Waals surface area contributed by atoms with Crippen molar-refractivity contribution in [2.24, 2.45) is 0 Å². The highest BCUT2D eigenvalue weighted by atomic mass is 16.5. The van der Waals surface area contributed by atoms with Gasteiger partial charge in [0.2, 0.25) is 5.76 Å². The third-order valence-electron chi connectivity index (χ3n) is 6.10. The Bertz CT molecular complexity index is 1210. The highest BCUT2D eigenvalue weighted by Gasteiger charge is 2.36. The zero-order valence-electron chi connectivity index (χ0n) is 18.0. The van der Waals surface area contributed by atoms with Gasteiger partial charge in [0.1, 0.15) is 6.61 Å². The second kappa shape index (κ2) is 9.03. The molecule has 1 aliphatic carbocycles. The van der Waals surface area contributed by atoms with Crippen molar-refractivity contribution in [3.8, 4) is 11.1 Å². The first-order chi connectivity index (χ1) is 16.5. The van der Waals surface area contributed by atoms with E-state index >= 15 is 0 Å². The number of carboxylic acid groups (broad SMARTS) is 1. The van der Waals surface area contributed by atoms with Crippen molar-refractivity contribution in [1.82, 2.24) is 5.32 Å². The third kappa shape index (κ3) is 4.01. The topological polar surface area (TPSA) is 127 Å². The molecule has 1 fully saturated rings. The Labute approximate surface area is 194 Å². The first-order valence-corrected chi connectivity index (χ1v) is 10.9. The fraction of sp³-hybridized carbons (Fsp3) is 0.240. The van der Waals surface area contributed by atoms with Crippen molar-refractivity contribution in [1.29, 1.82) is 0 Å². The number of fused-ring (bicyclic) bond motifs is 3. The summed E-state index contributed by atoms with van der Waals surface area (Å²) in [6, 6.07) is 16.8. The minimum absolute atomic E-state index is 0.0967. The van der Waals surface area contributed by atoms with Crippen LogP contribution in [0, 0.1) is 0 Å². The molecule has 3 N–H and O–H groups in total. The number of carbonyl (C=O) groups excluding carboxylic acids is 2. The first-order valence-electron chi connectivity index (χ1n) is 10.9. The summed E-state index contributed by atoms with van der Waals surface area (Å²) >= 11 is 0. The van der Waals surface area contributed by atoms with Crippen LogP contribution >= 0.6 is 0 Å². The maximum Gasteiger partial charge on any atom is 0.411 e. The summed E-state index contributed by atoms with van der Waals surface area (Å²) in [6.07, 6.45) is -0.241. The molecule has 2 amide bonds. The van der Waals surface area contributed by atoms with E-state index in [4.69, 9.17) is 13.9 Å². The summed E-state index contributed by atoms with van der Waals surface area (Å²) < 4.78 is 15.9. The molecule has 2 aromatic carbocycles. The van der Waals surface area contributed by atoms with Gasteiger partial charge in [0.15, 0.2) is 6.10 Å². The lowest BCUT2D eigenvalue weighted by Crippen LogP contribution is -2.44. The Kier molecular flexibility index (Phi) is 5.77. The molecule has 0 bridgehead atoms. The molecule has 2 aliphatic rings. The van der Waals surface area contributed by atoms with E-state index in [1.54, 1.807) is 0 Å². The molecular weight excluding hydrogens is 440 g/mol. The van der Waals surface area contributed by atoms with E-state index in [9.17, 15) is 19.5 Å². The van der Waals surface area contributed by atoms with Crippen LogP contribution in [0.15, 0.2) is 65.3 Å². The lowest BCUT2D eigenvalue weighted by molar-refractivity contribution is -0.148. The number of carbonyl (C=O) groups is 3. The molecule has 1 aromatic heterocycles. The second-order valence-electron chi connectivity index (χ2n) is 8.11. The summed E-state index contributed by atoms with van der Waals surface area (Å²) in [5, 5.41) is 14.3. The van der Waals surface area contributed by atoms with Crippen LogP contribution in [-0.2, 0) is 14.3 Å². The lowest BCUT2D eigenvalue weighted by atomic mass is 9.98. The SMILES string of the molecule is O=C(Nc1ccoc1C(=O)N[C@H]1CCO[C@H]1C(=O)O)OCC1c2ccccc2-c2ccccc21. The summed E-state index contributed by atoms with van der Waals surface area (Å²) in [4.78, 5) is 36.4. The summed E-state index contributed by atoms with van der Waals surface area (Å²) in [7, 11) is 0. The van der Waals surface area contributed by atoms with Gasteiger partial charge in [-0.15, -0.1) is 0 Å². The van der Waals surface area contributed by atoms with Gasteiger partial charge in [-0.1, -0.05) is 48.5 Å². The average Bonchev–Trinajstić information content (AvgIpc) is 3.55. The van der Waals surface area contributed by atoms with Crippen molar-refractivity contribution in [2.75, 3.05) is 18.5 Å². The minimum Gasteiger partial charge on any atom is -0.479 e. The van der Waals surface area contributed by atoms with Crippen molar-refractivity contribution < 1.29 is 33.4 Å². The lowest BCUT2D eigenvalue weighted by Gasteiger charge is -2.16. The third-order valence-corrected chi connectivity index (χ3v) is 6.10. The maximum absolute atomic E-state index is 12.6. The Hall–Kier alpha value is -4.11. The molecule has 174 valence electrons. The van der Waals surface area contributed by atoms with Crippen molar-refractivity contribution >= 4 is 23.7 Å². The number of rotatable bonds is 6. The number of amides is 2. The van der Waals surface area contributed by atoms with Gasteiger partial charge in [0.05, 0.1) is 18.0 Å². The molecule has 9 heteroatoms. The molecule has 1 saturated heterocycles. The van der Waals surface area contributed by atoms with Crippen LogP contribution in [-0.4, -0.2) is 48.4 Å². The predicted octanol–water partition coefficient (Wildman–Crippen LogP) is 3.61. The number of aliphatic carboxylic acids is 1.